The maximum Gasteiger partial charge on any atom is 0.0463 e. The first-order valence-corrected chi connectivity index (χ1v) is 7.42. The van der Waals surface area contributed by atoms with Crippen LogP contribution in [0.25, 0.3) is 0 Å². The van der Waals surface area contributed by atoms with Gasteiger partial charge in [-0.3, -0.25) is 0 Å². The van der Waals surface area contributed by atoms with Crippen LogP contribution in [0.15, 0.2) is 27.6 Å². The molecule has 1 atom stereocenters. The van der Waals surface area contributed by atoms with Gasteiger partial charge in [0.1, 0.15) is 0 Å². The maximum atomic E-state index is 5.97. The zero-order valence-corrected chi connectivity index (χ0v) is 11.6. The number of thioether (sulfide) groups is 1. The molecule has 88 valence electrons. The fourth-order valence-electron chi connectivity index (χ4n) is 1.92. The summed E-state index contributed by atoms with van der Waals surface area (Å²) in [6.07, 6.45) is 2.65. The first-order valence-electron chi connectivity index (χ1n) is 5.64. The largest absolute Gasteiger partial charge is 0.398 e. The van der Waals surface area contributed by atoms with E-state index in [4.69, 9.17) is 5.73 Å². The summed E-state index contributed by atoms with van der Waals surface area (Å²) in [5, 5.41) is 3.44. The van der Waals surface area contributed by atoms with Crippen LogP contribution in [0.2, 0.25) is 0 Å². The second kappa shape index (κ2) is 5.94. The van der Waals surface area contributed by atoms with Crippen molar-refractivity contribution >= 4 is 33.4 Å². The second-order valence-corrected chi connectivity index (χ2v) is 6.18. The summed E-state index contributed by atoms with van der Waals surface area (Å²) in [7, 11) is 0. The maximum absolute atomic E-state index is 5.97. The van der Waals surface area contributed by atoms with Crippen molar-refractivity contribution in [1.82, 2.24) is 5.32 Å². The van der Waals surface area contributed by atoms with Crippen molar-refractivity contribution < 1.29 is 0 Å². The molecule has 1 heterocycles. The number of anilines is 1. The molecule has 1 aliphatic heterocycles. The molecule has 1 aromatic rings. The summed E-state index contributed by atoms with van der Waals surface area (Å²) in [6, 6.07) is 6.12. The minimum Gasteiger partial charge on any atom is -0.398 e. The van der Waals surface area contributed by atoms with Crippen LogP contribution in [0.4, 0.5) is 5.69 Å². The summed E-state index contributed by atoms with van der Waals surface area (Å²) in [6.45, 7) is 2.34. The Morgan fingerprint density at radius 3 is 3.06 bits per heavy atom. The lowest BCUT2D eigenvalue weighted by Crippen LogP contribution is -2.30. The first-order chi connectivity index (χ1) is 7.75. The highest BCUT2D eigenvalue weighted by Gasteiger charge is 2.13. The summed E-state index contributed by atoms with van der Waals surface area (Å²) >= 11 is 5.30. The van der Waals surface area contributed by atoms with E-state index >= 15 is 0 Å². The summed E-state index contributed by atoms with van der Waals surface area (Å²) in [5.41, 5.74) is 6.85. The van der Waals surface area contributed by atoms with Crippen LogP contribution in [0.5, 0.6) is 0 Å². The predicted molar refractivity (Wildman–Crippen MR) is 74.9 cm³/mol. The average molecular weight is 301 g/mol. The molecule has 0 amide bonds. The monoisotopic (exact) mass is 300 g/mol. The van der Waals surface area contributed by atoms with Crippen LogP contribution in [0.1, 0.15) is 12.8 Å². The van der Waals surface area contributed by atoms with Crippen molar-refractivity contribution in [3.8, 4) is 0 Å². The van der Waals surface area contributed by atoms with Gasteiger partial charge in [-0.1, -0.05) is 15.9 Å². The lowest BCUT2D eigenvalue weighted by atomic mass is 10.0. The molecule has 0 aromatic heterocycles. The Kier molecular flexibility index (Phi) is 4.55. The number of benzene rings is 1. The zero-order valence-electron chi connectivity index (χ0n) is 9.21. The van der Waals surface area contributed by atoms with Crippen LogP contribution in [-0.2, 0) is 0 Å². The Morgan fingerprint density at radius 2 is 2.38 bits per heavy atom. The van der Waals surface area contributed by atoms with Gasteiger partial charge in [0.05, 0.1) is 0 Å². The van der Waals surface area contributed by atoms with E-state index in [-0.39, 0.29) is 0 Å². The molecular weight excluding hydrogens is 284 g/mol. The Balaban J connectivity index is 1.88. The Bertz CT molecular complexity index is 351. The van der Waals surface area contributed by atoms with Gasteiger partial charge in [-0.25, -0.2) is 0 Å². The van der Waals surface area contributed by atoms with Crippen molar-refractivity contribution in [3.05, 3.63) is 22.7 Å². The molecule has 2 rings (SSSR count). The van der Waals surface area contributed by atoms with Crippen LogP contribution in [-0.4, -0.2) is 18.8 Å². The number of rotatable bonds is 3. The topological polar surface area (TPSA) is 38.0 Å². The lowest BCUT2D eigenvalue weighted by Gasteiger charge is -2.22. The van der Waals surface area contributed by atoms with Gasteiger partial charge >= 0.3 is 0 Å². The van der Waals surface area contributed by atoms with Gasteiger partial charge in [0, 0.05) is 20.8 Å². The molecule has 2 nitrogen and oxygen atoms in total. The first kappa shape index (κ1) is 12.3. The van der Waals surface area contributed by atoms with Gasteiger partial charge in [0.25, 0.3) is 0 Å². The fourth-order valence-corrected chi connectivity index (χ4v) is 3.39. The summed E-state index contributed by atoms with van der Waals surface area (Å²) in [4.78, 5) is 1.20. The molecule has 1 fully saturated rings. The predicted octanol–water partition coefficient (Wildman–Crippen LogP) is 3.12. The van der Waals surface area contributed by atoms with Gasteiger partial charge in [-0.05, 0) is 50.0 Å². The van der Waals surface area contributed by atoms with E-state index in [2.05, 4.69) is 33.4 Å². The lowest BCUT2D eigenvalue weighted by molar-refractivity contribution is 0.410. The average Bonchev–Trinajstić information content (AvgIpc) is 2.29. The third-order valence-corrected chi connectivity index (χ3v) is 4.66. The Labute approximate surface area is 109 Å². The quantitative estimate of drug-likeness (QED) is 0.665. The highest BCUT2D eigenvalue weighted by atomic mass is 79.9. The molecule has 4 heteroatoms. The number of nitrogen functional groups attached to an aromatic ring is 1. The summed E-state index contributed by atoms with van der Waals surface area (Å²) in [5.74, 6) is 1.96. The minimum atomic E-state index is 0.793. The van der Waals surface area contributed by atoms with Gasteiger partial charge in [0.2, 0.25) is 0 Å². The van der Waals surface area contributed by atoms with Crippen molar-refractivity contribution in [1.29, 1.82) is 0 Å². The van der Waals surface area contributed by atoms with Gasteiger partial charge in [-0.15, -0.1) is 11.8 Å². The normalized spacial score (nSPS) is 20.9. The molecule has 0 spiro atoms. The molecule has 3 N–H and O–H groups in total. The van der Waals surface area contributed by atoms with Gasteiger partial charge < -0.3 is 11.1 Å². The van der Waals surface area contributed by atoms with Crippen LogP contribution >= 0.6 is 27.7 Å². The second-order valence-electron chi connectivity index (χ2n) is 4.21. The summed E-state index contributed by atoms with van der Waals surface area (Å²) < 4.78 is 1.05. The van der Waals surface area contributed by atoms with E-state index in [9.17, 15) is 0 Å². The van der Waals surface area contributed by atoms with Crippen molar-refractivity contribution in [2.24, 2.45) is 5.92 Å². The molecule has 16 heavy (non-hydrogen) atoms. The number of hydrogen-bond acceptors (Lipinski definition) is 3. The minimum absolute atomic E-state index is 0.793. The number of piperidine rings is 1. The number of nitrogens with one attached hydrogen (secondary N) is 1. The molecule has 1 unspecified atom stereocenters. The number of nitrogens with two attached hydrogens (primary N) is 1. The van der Waals surface area contributed by atoms with Crippen molar-refractivity contribution in [2.45, 2.75) is 17.7 Å². The van der Waals surface area contributed by atoms with E-state index in [1.165, 1.54) is 30.0 Å². The molecule has 1 aliphatic rings. The molecule has 0 radical (unpaired) electrons. The fraction of sp³-hybridized carbons (Fsp3) is 0.500. The highest BCUT2D eigenvalue weighted by molar-refractivity contribution is 9.10. The van der Waals surface area contributed by atoms with Crippen molar-refractivity contribution in [2.75, 3.05) is 24.6 Å². The molecule has 0 saturated carbocycles. The standard InChI is InChI=1S/C12H17BrN2S/c13-10-3-4-12(11(14)6-10)16-8-9-2-1-5-15-7-9/h3-4,6,9,15H,1-2,5,7-8,14H2. The van der Waals surface area contributed by atoms with E-state index in [1.54, 1.807) is 0 Å². The van der Waals surface area contributed by atoms with Crippen molar-refractivity contribution in [3.63, 3.8) is 0 Å². The number of halogens is 1. The molecular formula is C12H17BrN2S. The van der Waals surface area contributed by atoms with E-state index < -0.39 is 0 Å². The van der Waals surface area contributed by atoms with Crippen LogP contribution in [0.3, 0.4) is 0 Å². The van der Waals surface area contributed by atoms with E-state index in [0.29, 0.717) is 0 Å². The Hall–Kier alpha value is -0.190. The zero-order chi connectivity index (χ0) is 11.4. The SMILES string of the molecule is Nc1cc(Br)ccc1SCC1CCCNC1. The molecule has 1 aromatic carbocycles. The van der Waals surface area contributed by atoms with Gasteiger partial charge in [0.15, 0.2) is 0 Å². The van der Waals surface area contributed by atoms with E-state index in [0.717, 1.165) is 22.6 Å². The van der Waals surface area contributed by atoms with Crippen LogP contribution in [0, 0.1) is 5.92 Å². The smallest absolute Gasteiger partial charge is 0.0463 e. The molecule has 1 saturated heterocycles. The molecule has 0 bridgehead atoms. The highest BCUT2D eigenvalue weighted by Crippen LogP contribution is 2.30. The number of hydrogen-bond donors (Lipinski definition) is 2. The molecule has 0 aliphatic carbocycles. The third kappa shape index (κ3) is 3.40. The van der Waals surface area contributed by atoms with Crippen LogP contribution < -0.4 is 11.1 Å². The van der Waals surface area contributed by atoms with E-state index in [1.807, 2.05) is 17.8 Å². The third-order valence-electron chi connectivity index (χ3n) is 2.85. The Morgan fingerprint density at radius 1 is 1.50 bits per heavy atom. The van der Waals surface area contributed by atoms with Gasteiger partial charge in [-0.2, -0.15) is 0 Å².